The van der Waals surface area contributed by atoms with Crippen molar-refractivity contribution in [3.8, 4) is 0 Å². The van der Waals surface area contributed by atoms with Crippen LogP contribution >= 0.6 is 0 Å². The number of carbonyl (C=O) groups is 3. The number of urea groups is 1. The molecule has 1 aromatic rings. The minimum atomic E-state index is -0.620. The molecule has 0 aliphatic carbocycles. The van der Waals surface area contributed by atoms with Crippen LogP contribution in [-0.4, -0.2) is 67.7 Å². The van der Waals surface area contributed by atoms with Gasteiger partial charge in [-0.05, 0) is 24.6 Å². The van der Waals surface area contributed by atoms with E-state index in [-0.39, 0.29) is 11.9 Å². The zero-order valence-electron chi connectivity index (χ0n) is 16.6. The van der Waals surface area contributed by atoms with Crippen molar-refractivity contribution in [2.45, 2.75) is 13.0 Å². The third kappa shape index (κ3) is 4.17. The zero-order chi connectivity index (χ0) is 21.0. The number of nitrogens with zero attached hydrogens (tertiary/aromatic N) is 2. The quantitative estimate of drug-likeness (QED) is 0.603. The number of morpholine rings is 1. The van der Waals surface area contributed by atoms with Crippen molar-refractivity contribution >= 4 is 17.9 Å². The minimum absolute atomic E-state index is 0.137. The molecular formula is C21H25N3O5. The Bertz CT molecular complexity index is 840. The van der Waals surface area contributed by atoms with Crippen LogP contribution in [0.1, 0.15) is 28.9 Å². The van der Waals surface area contributed by atoms with E-state index in [0.29, 0.717) is 55.2 Å². The van der Waals surface area contributed by atoms with E-state index in [1.165, 1.54) is 12.0 Å². The summed E-state index contributed by atoms with van der Waals surface area (Å²) in [5, 5.41) is 2.92. The molecule has 1 aromatic carbocycles. The summed E-state index contributed by atoms with van der Waals surface area (Å²) in [6.07, 6.45) is 1.62. The Morgan fingerprint density at radius 1 is 1.28 bits per heavy atom. The summed E-state index contributed by atoms with van der Waals surface area (Å²) in [5.41, 5.74) is 2.19. The van der Waals surface area contributed by atoms with Crippen molar-refractivity contribution in [1.29, 1.82) is 0 Å². The average molecular weight is 399 g/mol. The fraction of sp³-hybridized carbons (Fsp3) is 0.381. The number of methoxy groups -OCH3 is 1. The van der Waals surface area contributed by atoms with Crippen molar-refractivity contribution in [1.82, 2.24) is 15.1 Å². The molecule has 2 aliphatic rings. The first kappa shape index (κ1) is 20.6. The lowest BCUT2D eigenvalue weighted by molar-refractivity contribution is -0.131. The summed E-state index contributed by atoms with van der Waals surface area (Å²) in [5.74, 6) is -0.584. The van der Waals surface area contributed by atoms with Gasteiger partial charge in [0.1, 0.15) is 0 Å². The van der Waals surface area contributed by atoms with Gasteiger partial charge in [0.05, 0.1) is 37.5 Å². The molecule has 0 saturated carbocycles. The summed E-state index contributed by atoms with van der Waals surface area (Å²) in [4.78, 5) is 41.0. The van der Waals surface area contributed by atoms with Crippen molar-refractivity contribution in [2.75, 3.05) is 40.0 Å². The lowest BCUT2D eigenvalue weighted by atomic mass is 9.93. The maximum atomic E-state index is 13.4. The molecular weight excluding hydrogens is 374 g/mol. The number of hydrogen-bond donors (Lipinski definition) is 1. The molecule has 1 unspecified atom stereocenters. The van der Waals surface area contributed by atoms with Crippen LogP contribution in [-0.2, 0) is 14.3 Å². The molecule has 0 aromatic heterocycles. The molecule has 8 nitrogen and oxygen atoms in total. The van der Waals surface area contributed by atoms with Crippen LogP contribution < -0.4 is 5.32 Å². The van der Waals surface area contributed by atoms with Gasteiger partial charge < -0.3 is 19.7 Å². The molecule has 154 valence electrons. The molecule has 1 fully saturated rings. The first-order valence-corrected chi connectivity index (χ1v) is 9.43. The van der Waals surface area contributed by atoms with E-state index in [1.807, 2.05) is 0 Å². The molecule has 2 aliphatic heterocycles. The molecule has 1 saturated heterocycles. The van der Waals surface area contributed by atoms with E-state index >= 15 is 0 Å². The number of rotatable bonds is 5. The SMILES string of the molecule is C=CCN1C(=O)NC(c2ccc(C(=O)OC)cc2)C(C(=O)N2CCOCC2)=C1C. The van der Waals surface area contributed by atoms with Crippen LogP contribution in [0.5, 0.6) is 0 Å². The second kappa shape index (κ2) is 8.91. The second-order valence-electron chi connectivity index (χ2n) is 6.80. The van der Waals surface area contributed by atoms with E-state index in [4.69, 9.17) is 9.47 Å². The lowest BCUT2D eigenvalue weighted by Gasteiger charge is -2.38. The molecule has 8 heteroatoms. The topological polar surface area (TPSA) is 88.2 Å². The van der Waals surface area contributed by atoms with Gasteiger partial charge in [0.15, 0.2) is 0 Å². The molecule has 29 heavy (non-hydrogen) atoms. The lowest BCUT2D eigenvalue weighted by Crippen LogP contribution is -2.51. The number of carbonyl (C=O) groups excluding carboxylic acids is 3. The predicted molar refractivity (Wildman–Crippen MR) is 106 cm³/mol. The van der Waals surface area contributed by atoms with Crippen LogP contribution in [0, 0.1) is 0 Å². The summed E-state index contributed by atoms with van der Waals surface area (Å²) in [6.45, 7) is 7.73. The second-order valence-corrected chi connectivity index (χ2v) is 6.80. The van der Waals surface area contributed by atoms with Crippen LogP contribution in [0.15, 0.2) is 48.2 Å². The van der Waals surface area contributed by atoms with Gasteiger partial charge in [-0.15, -0.1) is 6.58 Å². The Morgan fingerprint density at radius 2 is 1.93 bits per heavy atom. The van der Waals surface area contributed by atoms with Gasteiger partial charge in [-0.25, -0.2) is 9.59 Å². The summed E-state index contributed by atoms with van der Waals surface area (Å²) >= 11 is 0. The first-order chi connectivity index (χ1) is 14.0. The molecule has 3 amide bonds. The third-order valence-electron chi connectivity index (χ3n) is 5.10. The highest BCUT2D eigenvalue weighted by atomic mass is 16.5. The average Bonchev–Trinajstić information content (AvgIpc) is 2.76. The van der Waals surface area contributed by atoms with E-state index in [2.05, 4.69) is 11.9 Å². The number of esters is 1. The zero-order valence-corrected chi connectivity index (χ0v) is 16.6. The van der Waals surface area contributed by atoms with Gasteiger partial charge >= 0.3 is 12.0 Å². The largest absolute Gasteiger partial charge is 0.465 e. The van der Waals surface area contributed by atoms with Gasteiger partial charge in [0, 0.05) is 25.3 Å². The van der Waals surface area contributed by atoms with E-state index in [0.717, 1.165) is 0 Å². The van der Waals surface area contributed by atoms with Gasteiger partial charge in [0.2, 0.25) is 0 Å². The highest BCUT2D eigenvalue weighted by Crippen LogP contribution is 2.32. The monoisotopic (exact) mass is 399 g/mol. The number of allylic oxidation sites excluding steroid dienone is 1. The highest BCUT2D eigenvalue weighted by molar-refractivity contribution is 5.98. The smallest absolute Gasteiger partial charge is 0.337 e. The van der Waals surface area contributed by atoms with E-state index < -0.39 is 12.0 Å². The Morgan fingerprint density at radius 3 is 2.52 bits per heavy atom. The maximum absolute atomic E-state index is 13.4. The summed E-state index contributed by atoms with van der Waals surface area (Å²) < 4.78 is 10.1. The van der Waals surface area contributed by atoms with E-state index in [9.17, 15) is 14.4 Å². The number of nitrogens with one attached hydrogen (secondary N) is 1. The van der Waals surface area contributed by atoms with Gasteiger partial charge in [0.25, 0.3) is 5.91 Å². The van der Waals surface area contributed by atoms with Crippen molar-refractivity contribution in [3.05, 3.63) is 59.3 Å². The van der Waals surface area contributed by atoms with Gasteiger partial charge in [-0.1, -0.05) is 18.2 Å². The van der Waals surface area contributed by atoms with E-state index in [1.54, 1.807) is 42.2 Å². The minimum Gasteiger partial charge on any atom is -0.465 e. The van der Waals surface area contributed by atoms with Crippen molar-refractivity contribution < 1.29 is 23.9 Å². The van der Waals surface area contributed by atoms with Gasteiger partial charge in [-0.3, -0.25) is 9.69 Å². The van der Waals surface area contributed by atoms with Crippen LogP contribution in [0.2, 0.25) is 0 Å². The first-order valence-electron chi connectivity index (χ1n) is 9.43. The van der Waals surface area contributed by atoms with Crippen LogP contribution in [0.4, 0.5) is 4.79 Å². The Balaban J connectivity index is 2.00. The fourth-order valence-electron chi connectivity index (χ4n) is 3.52. The Hall–Kier alpha value is -3.13. The Kier molecular flexibility index (Phi) is 6.33. The number of amides is 3. The van der Waals surface area contributed by atoms with Crippen LogP contribution in [0.3, 0.4) is 0 Å². The van der Waals surface area contributed by atoms with Crippen LogP contribution in [0.25, 0.3) is 0 Å². The highest BCUT2D eigenvalue weighted by Gasteiger charge is 2.37. The predicted octanol–water partition coefficient (Wildman–Crippen LogP) is 1.86. The van der Waals surface area contributed by atoms with Crippen molar-refractivity contribution in [2.24, 2.45) is 0 Å². The summed E-state index contributed by atoms with van der Waals surface area (Å²) in [6, 6.07) is 5.76. The fourth-order valence-corrected chi connectivity index (χ4v) is 3.52. The molecule has 0 bridgehead atoms. The third-order valence-corrected chi connectivity index (χ3v) is 5.10. The molecule has 0 spiro atoms. The van der Waals surface area contributed by atoms with Crippen molar-refractivity contribution in [3.63, 3.8) is 0 Å². The van der Waals surface area contributed by atoms with Gasteiger partial charge in [-0.2, -0.15) is 0 Å². The Labute approximate surface area is 169 Å². The molecule has 2 heterocycles. The molecule has 3 rings (SSSR count). The molecule has 1 N–H and O–H groups in total. The molecule has 1 atom stereocenters. The maximum Gasteiger partial charge on any atom is 0.337 e. The standard InChI is InChI=1S/C21H25N3O5/c1-4-9-24-14(2)17(19(25)23-10-12-29-13-11-23)18(22-21(24)27)15-5-7-16(8-6-15)20(26)28-3/h4-8,18H,1,9-13H2,2-3H3,(H,22,27). The number of ether oxygens (including phenoxy) is 2. The molecule has 0 radical (unpaired) electrons. The number of benzene rings is 1. The normalized spacial score (nSPS) is 19.7. The summed E-state index contributed by atoms with van der Waals surface area (Å²) in [7, 11) is 1.32. The number of hydrogen-bond acceptors (Lipinski definition) is 5.